The van der Waals surface area contributed by atoms with Crippen molar-refractivity contribution in [2.24, 2.45) is 5.92 Å². The molecule has 1 fully saturated rings. The molecule has 13 heavy (non-hydrogen) atoms. The van der Waals surface area contributed by atoms with Crippen LogP contribution in [0, 0.1) is 5.92 Å². The topological polar surface area (TPSA) is 30.5 Å². The lowest BCUT2D eigenvalue weighted by Gasteiger charge is -2.15. The molecule has 1 heterocycles. The quantitative estimate of drug-likeness (QED) is 0.674. The van der Waals surface area contributed by atoms with Crippen LogP contribution >= 0.6 is 0 Å². The molecule has 0 aromatic heterocycles. The van der Waals surface area contributed by atoms with E-state index in [0.717, 1.165) is 39.3 Å². The van der Waals surface area contributed by atoms with Gasteiger partial charge in [-0.05, 0) is 19.9 Å². The molecule has 0 aliphatic carbocycles. The van der Waals surface area contributed by atoms with Gasteiger partial charge in [0.1, 0.15) is 0 Å². The van der Waals surface area contributed by atoms with Gasteiger partial charge in [0.2, 0.25) is 0 Å². The van der Waals surface area contributed by atoms with E-state index in [1.54, 1.807) is 0 Å². The molecule has 1 aliphatic rings. The Bertz CT molecular complexity index is 124. The number of rotatable bonds is 6. The van der Waals surface area contributed by atoms with Gasteiger partial charge >= 0.3 is 0 Å². The second kappa shape index (κ2) is 6.35. The van der Waals surface area contributed by atoms with Crippen molar-refractivity contribution in [3.05, 3.63) is 0 Å². The molecule has 1 aliphatic heterocycles. The standard InChI is InChI=1S/C10H21NO2/c1-3-11-6-9(2)13-8-10-4-5-12-7-10/h9-11H,3-8H2,1-2H3. The summed E-state index contributed by atoms with van der Waals surface area (Å²) in [6.07, 6.45) is 1.48. The fourth-order valence-corrected chi connectivity index (χ4v) is 1.42. The monoisotopic (exact) mass is 187 g/mol. The van der Waals surface area contributed by atoms with Gasteiger partial charge in [-0.15, -0.1) is 0 Å². The van der Waals surface area contributed by atoms with Crippen LogP contribution in [0.15, 0.2) is 0 Å². The highest BCUT2D eigenvalue weighted by molar-refractivity contribution is 4.64. The summed E-state index contributed by atoms with van der Waals surface area (Å²) < 4.78 is 11.0. The highest BCUT2D eigenvalue weighted by Crippen LogP contribution is 2.12. The fraction of sp³-hybridized carbons (Fsp3) is 1.00. The molecule has 0 amide bonds. The van der Waals surface area contributed by atoms with Gasteiger partial charge in [-0.3, -0.25) is 0 Å². The molecule has 3 heteroatoms. The Balaban J connectivity index is 1.97. The molecule has 0 aromatic carbocycles. The smallest absolute Gasteiger partial charge is 0.0671 e. The second-order valence-electron chi connectivity index (χ2n) is 3.68. The summed E-state index contributed by atoms with van der Waals surface area (Å²) in [4.78, 5) is 0. The minimum Gasteiger partial charge on any atom is -0.381 e. The summed E-state index contributed by atoms with van der Waals surface area (Å²) in [6, 6.07) is 0. The summed E-state index contributed by atoms with van der Waals surface area (Å²) in [5.74, 6) is 0.629. The van der Waals surface area contributed by atoms with Crippen molar-refractivity contribution in [3.63, 3.8) is 0 Å². The molecular formula is C10H21NO2. The van der Waals surface area contributed by atoms with Crippen LogP contribution in [0.4, 0.5) is 0 Å². The predicted octanol–water partition coefficient (Wildman–Crippen LogP) is 1.04. The number of nitrogens with one attached hydrogen (secondary N) is 1. The molecule has 2 atom stereocenters. The molecular weight excluding hydrogens is 166 g/mol. The summed E-state index contributed by atoms with van der Waals surface area (Å²) in [5, 5.41) is 3.27. The van der Waals surface area contributed by atoms with Crippen LogP contribution in [0.25, 0.3) is 0 Å². The number of hydrogen-bond donors (Lipinski definition) is 1. The Kier molecular flexibility index (Phi) is 5.35. The van der Waals surface area contributed by atoms with Crippen LogP contribution in [-0.2, 0) is 9.47 Å². The minimum absolute atomic E-state index is 0.320. The van der Waals surface area contributed by atoms with Crippen molar-refractivity contribution in [3.8, 4) is 0 Å². The molecule has 0 aromatic rings. The third kappa shape index (κ3) is 4.60. The van der Waals surface area contributed by atoms with E-state index in [2.05, 4.69) is 19.2 Å². The van der Waals surface area contributed by atoms with E-state index < -0.39 is 0 Å². The maximum Gasteiger partial charge on any atom is 0.0671 e. The van der Waals surface area contributed by atoms with Gasteiger partial charge in [0, 0.05) is 19.1 Å². The van der Waals surface area contributed by atoms with E-state index in [9.17, 15) is 0 Å². The zero-order chi connectivity index (χ0) is 9.52. The first kappa shape index (κ1) is 11.0. The van der Waals surface area contributed by atoms with Crippen molar-refractivity contribution in [1.82, 2.24) is 5.32 Å². The summed E-state index contributed by atoms with van der Waals surface area (Å²) in [6.45, 7) is 8.83. The number of hydrogen-bond acceptors (Lipinski definition) is 3. The third-order valence-corrected chi connectivity index (χ3v) is 2.32. The van der Waals surface area contributed by atoms with Crippen LogP contribution in [0.5, 0.6) is 0 Å². The van der Waals surface area contributed by atoms with Crippen molar-refractivity contribution in [2.45, 2.75) is 26.4 Å². The average Bonchev–Trinajstić information content (AvgIpc) is 2.64. The highest BCUT2D eigenvalue weighted by Gasteiger charge is 2.16. The molecule has 1 saturated heterocycles. The van der Waals surface area contributed by atoms with Crippen LogP contribution in [0.3, 0.4) is 0 Å². The molecule has 0 bridgehead atoms. The maximum atomic E-state index is 5.69. The Hall–Kier alpha value is -0.120. The number of likely N-dealkylation sites (N-methyl/N-ethyl adjacent to an activating group) is 1. The molecule has 78 valence electrons. The van der Waals surface area contributed by atoms with Gasteiger partial charge in [-0.25, -0.2) is 0 Å². The first-order chi connectivity index (χ1) is 6.33. The van der Waals surface area contributed by atoms with Crippen LogP contribution in [0.1, 0.15) is 20.3 Å². The normalized spacial score (nSPS) is 24.9. The third-order valence-electron chi connectivity index (χ3n) is 2.32. The Labute approximate surface area is 80.8 Å². The predicted molar refractivity (Wildman–Crippen MR) is 52.9 cm³/mol. The van der Waals surface area contributed by atoms with Gasteiger partial charge in [0.15, 0.2) is 0 Å². The van der Waals surface area contributed by atoms with Gasteiger partial charge in [-0.1, -0.05) is 6.92 Å². The van der Waals surface area contributed by atoms with Crippen LogP contribution in [-0.4, -0.2) is 39.0 Å². The van der Waals surface area contributed by atoms with Gasteiger partial charge in [0.05, 0.1) is 19.3 Å². The van der Waals surface area contributed by atoms with Gasteiger partial charge in [-0.2, -0.15) is 0 Å². The lowest BCUT2D eigenvalue weighted by atomic mass is 10.1. The maximum absolute atomic E-state index is 5.69. The van der Waals surface area contributed by atoms with Crippen LogP contribution < -0.4 is 5.32 Å². The van der Waals surface area contributed by atoms with Gasteiger partial charge in [0.25, 0.3) is 0 Å². The molecule has 0 radical (unpaired) electrons. The molecule has 2 unspecified atom stereocenters. The zero-order valence-electron chi connectivity index (χ0n) is 8.71. The van der Waals surface area contributed by atoms with Crippen LogP contribution in [0.2, 0.25) is 0 Å². The Morgan fingerprint density at radius 3 is 3.08 bits per heavy atom. The van der Waals surface area contributed by atoms with Crippen molar-refractivity contribution < 1.29 is 9.47 Å². The lowest BCUT2D eigenvalue weighted by Crippen LogP contribution is -2.28. The summed E-state index contributed by atoms with van der Waals surface area (Å²) >= 11 is 0. The van der Waals surface area contributed by atoms with E-state index in [4.69, 9.17) is 9.47 Å². The Morgan fingerprint density at radius 2 is 2.46 bits per heavy atom. The first-order valence-electron chi connectivity index (χ1n) is 5.23. The molecule has 1 rings (SSSR count). The Morgan fingerprint density at radius 1 is 1.62 bits per heavy atom. The van der Waals surface area contributed by atoms with Crippen molar-refractivity contribution in [2.75, 3.05) is 32.9 Å². The summed E-state index contributed by atoms with van der Waals surface area (Å²) in [7, 11) is 0. The molecule has 3 nitrogen and oxygen atoms in total. The van der Waals surface area contributed by atoms with E-state index in [0.29, 0.717) is 12.0 Å². The largest absolute Gasteiger partial charge is 0.381 e. The lowest BCUT2D eigenvalue weighted by molar-refractivity contribution is 0.0373. The fourth-order valence-electron chi connectivity index (χ4n) is 1.42. The second-order valence-corrected chi connectivity index (χ2v) is 3.68. The first-order valence-corrected chi connectivity index (χ1v) is 5.23. The SMILES string of the molecule is CCNCC(C)OCC1CCOC1. The molecule has 0 saturated carbocycles. The molecule has 0 spiro atoms. The van der Waals surface area contributed by atoms with E-state index in [-0.39, 0.29) is 0 Å². The van der Waals surface area contributed by atoms with E-state index >= 15 is 0 Å². The highest BCUT2D eigenvalue weighted by atomic mass is 16.5. The average molecular weight is 187 g/mol. The van der Waals surface area contributed by atoms with Crippen molar-refractivity contribution >= 4 is 0 Å². The molecule has 1 N–H and O–H groups in total. The van der Waals surface area contributed by atoms with E-state index in [1.165, 1.54) is 0 Å². The zero-order valence-corrected chi connectivity index (χ0v) is 8.71. The van der Waals surface area contributed by atoms with Crippen molar-refractivity contribution in [1.29, 1.82) is 0 Å². The number of ether oxygens (including phenoxy) is 2. The van der Waals surface area contributed by atoms with E-state index in [1.807, 2.05) is 0 Å². The van der Waals surface area contributed by atoms with Gasteiger partial charge < -0.3 is 14.8 Å². The summed E-state index contributed by atoms with van der Waals surface area (Å²) in [5.41, 5.74) is 0. The minimum atomic E-state index is 0.320.